The number of nitrogens with two attached hydrogens (primary N) is 5. The summed E-state index contributed by atoms with van der Waals surface area (Å²) < 4.78 is 0. The van der Waals surface area contributed by atoms with E-state index in [0.717, 1.165) is 0 Å². The zero-order valence-corrected chi connectivity index (χ0v) is 64.2. The molecule has 13 atom stereocenters. The summed E-state index contributed by atoms with van der Waals surface area (Å²) in [4.78, 5) is 232. The van der Waals surface area contributed by atoms with Crippen molar-refractivity contribution in [2.24, 2.45) is 51.4 Å². The van der Waals surface area contributed by atoms with Gasteiger partial charge in [0.05, 0.1) is 12.5 Å². The third-order valence-corrected chi connectivity index (χ3v) is 17.0. The van der Waals surface area contributed by atoms with Crippen LogP contribution in [0.15, 0.2) is 35.3 Å². The Bertz CT molecular complexity index is 3280. The number of hydrogen-bond donors (Lipinski definition) is 21. The van der Waals surface area contributed by atoms with Crippen LogP contribution in [0.25, 0.3) is 0 Å². The van der Waals surface area contributed by atoms with Crippen molar-refractivity contribution in [1.82, 2.24) is 63.8 Å². The molecule has 1 aromatic carbocycles. The van der Waals surface area contributed by atoms with Crippen molar-refractivity contribution in [1.29, 1.82) is 0 Å². The van der Waals surface area contributed by atoms with Crippen LogP contribution in [0.1, 0.15) is 190 Å². The van der Waals surface area contributed by atoms with E-state index in [0.29, 0.717) is 24.8 Å². The number of guanidine groups is 1. The van der Waals surface area contributed by atoms with Crippen molar-refractivity contribution in [3.05, 3.63) is 35.9 Å². The summed E-state index contributed by atoms with van der Waals surface area (Å²) in [7, 11) is 0. The average molecular weight is 1560 g/mol. The van der Waals surface area contributed by atoms with Crippen molar-refractivity contribution in [2.45, 2.75) is 269 Å². The maximum absolute atomic E-state index is 14.5. The third-order valence-electron chi connectivity index (χ3n) is 17.0. The van der Waals surface area contributed by atoms with Crippen LogP contribution < -0.4 is 92.5 Å². The van der Waals surface area contributed by atoms with E-state index >= 15 is 0 Å². The molecule has 618 valence electrons. The predicted octanol–water partition coefficient (Wildman–Crippen LogP) is -3.13. The molecule has 26 N–H and O–H groups in total. The van der Waals surface area contributed by atoms with Crippen LogP contribution >= 0.6 is 0 Å². The molecule has 0 radical (unpaired) electrons. The van der Waals surface area contributed by atoms with Gasteiger partial charge in [0.15, 0.2) is 5.96 Å². The van der Waals surface area contributed by atoms with E-state index in [1.54, 1.807) is 71.9 Å². The molecular formula is C71H118N18O21. The first kappa shape index (κ1) is 97.4. The van der Waals surface area contributed by atoms with Gasteiger partial charge < -0.3 is 113 Å². The number of carboxylic acids is 4. The highest BCUT2D eigenvalue weighted by molar-refractivity contribution is 6.00. The lowest BCUT2D eigenvalue weighted by molar-refractivity contribution is -0.140. The van der Waals surface area contributed by atoms with Crippen LogP contribution in [0, 0.1) is 17.8 Å². The molecule has 0 unspecified atom stereocenters. The minimum atomic E-state index is -1.94. The summed E-state index contributed by atoms with van der Waals surface area (Å²) in [6.07, 6.45) is -4.80. The number of amides is 13. The quantitative estimate of drug-likeness (QED) is 0.0174. The van der Waals surface area contributed by atoms with Crippen LogP contribution in [-0.4, -0.2) is 219 Å². The van der Waals surface area contributed by atoms with Gasteiger partial charge >= 0.3 is 23.9 Å². The summed E-state index contributed by atoms with van der Waals surface area (Å²) in [6, 6.07) is -10.7. The van der Waals surface area contributed by atoms with Gasteiger partial charge in [0.25, 0.3) is 0 Å². The molecule has 0 saturated carbocycles. The van der Waals surface area contributed by atoms with Crippen molar-refractivity contribution >= 4 is 107 Å². The third kappa shape index (κ3) is 40.6. The second-order valence-electron chi connectivity index (χ2n) is 28.3. The molecule has 0 aliphatic heterocycles. The number of aliphatic imine (C=N–C) groups is 1. The molecule has 0 fully saturated rings. The number of carboxylic acid groups (broad SMARTS) is 4. The predicted molar refractivity (Wildman–Crippen MR) is 400 cm³/mol. The first-order chi connectivity index (χ1) is 51.6. The molecular weight excluding hydrogens is 1440 g/mol. The molecule has 1 aromatic rings. The molecule has 0 bridgehead atoms. The lowest BCUT2D eigenvalue weighted by Gasteiger charge is -2.28. The molecule has 0 aromatic heterocycles. The smallest absolute Gasteiger partial charge is 0.305 e. The average Bonchev–Trinajstić information content (AvgIpc) is 0.853. The number of aliphatic carboxylic acids is 4. The second kappa shape index (κ2) is 51.7. The number of carbonyl (C=O) groups is 17. The number of carbonyl (C=O) groups excluding carboxylic acids is 13. The maximum Gasteiger partial charge on any atom is 0.305 e. The Labute approximate surface area is 639 Å². The van der Waals surface area contributed by atoms with Gasteiger partial charge in [-0.25, -0.2) is 0 Å². The Hall–Kier alpha value is -10.6. The van der Waals surface area contributed by atoms with Gasteiger partial charge in [-0.2, -0.15) is 0 Å². The summed E-state index contributed by atoms with van der Waals surface area (Å²) in [5.41, 5.74) is 28.6. The second-order valence-corrected chi connectivity index (χ2v) is 28.3. The topological polar surface area (TPSA) is 658 Å². The van der Waals surface area contributed by atoms with E-state index in [-0.39, 0.29) is 88.3 Å². The number of rotatable bonds is 56. The lowest BCUT2D eigenvalue weighted by Crippen LogP contribution is -2.61. The van der Waals surface area contributed by atoms with Gasteiger partial charge in [0.2, 0.25) is 76.8 Å². The number of hydrogen-bond acceptors (Lipinski definition) is 20. The number of primary amides is 1. The van der Waals surface area contributed by atoms with Gasteiger partial charge in [-0.15, -0.1) is 0 Å². The van der Waals surface area contributed by atoms with Crippen molar-refractivity contribution in [3.8, 4) is 0 Å². The minimum absolute atomic E-state index is 0.0116. The SMILES string of the molecule is CCCC[C@H](NC(=O)[C@H](CCC(N)=O)NC(=O)[C@H](CCCCN)NC(=O)[C@@H](Cc1ccccc1)NC(=O)[C@H](CC(C)C)NC(=O)[C@@H](N)CC(=O)O)C(=O)N[C@@H](CCC(=O)O)C(=O)N[C@@H](CCC(=O)O)C(=O)N[C@@H](CCC(=O)O)C(=O)N[C@@H](C)C(=O)N[C@H](C(=O)N[C@@H](CCCN=C(N)N)C(=O)N[C@H](C)CC(C)C)C(C)C. The van der Waals surface area contributed by atoms with E-state index in [2.05, 4.69) is 68.8 Å². The van der Waals surface area contributed by atoms with Crippen molar-refractivity contribution < 1.29 is 102 Å². The van der Waals surface area contributed by atoms with E-state index in [4.69, 9.17) is 28.7 Å². The number of nitrogens with one attached hydrogen (secondary N) is 12. The molecule has 110 heavy (non-hydrogen) atoms. The zero-order chi connectivity index (χ0) is 83.5. The Balaban J connectivity index is 3.72. The summed E-state index contributed by atoms with van der Waals surface area (Å²) in [5.74, 6) is -19.6. The van der Waals surface area contributed by atoms with Gasteiger partial charge in [0.1, 0.15) is 66.5 Å². The highest BCUT2D eigenvalue weighted by atomic mass is 16.4. The van der Waals surface area contributed by atoms with Crippen LogP contribution in [-0.2, 0) is 87.9 Å². The number of nitrogens with zero attached hydrogens (tertiary/aromatic N) is 1. The van der Waals surface area contributed by atoms with E-state index in [1.807, 2.05) is 13.8 Å². The first-order valence-corrected chi connectivity index (χ1v) is 36.9. The highest BCUT2D eigenvalue weighted by Crippen LogP contribution is 2.15. The Kier molecular flexibility index (Phi) is 45.8. The molecule has 39 nitrogen and oxygen atoms in total. The van der Waals surface area contributed by atoms with Gasteiger partial charge in [-0.1, -0.05) is 91.6 Å². The normalized spacial score (nSPS) is 14.7. The Morgan fingerprint density at radius 3 is 1.16 bits per heavy atom. The number of unbranched alkanes of at least 4 members (excludes halogenated alkanes) is 2. The van der Waals surface area contributed by atoms with Gasteiger partial charge in [-0.05, 0) is 121 Å². The fraction of sp³-hybridized carbons (Fsp3) is 0.662. The van der Waals surface area contributed by atoms with Crippen molar-refractivity contribution in [3.63, 3.8) is 0 Å². The summed E-state index contributed by atoms with van der Waals surface area (Å²) in [5, 5.41) is 68.5. The molecule has 1 rings (SSSR count). The van der Waals surface area contributed by atoms with Crippen LogP contribution in [0.5, 0.6) is 0 Å². The fourth-order valence-corrected chi connectivity index (χ4v) is 11.2. The molecule has 0 aliphatic rings. The van der Waals surface area contributed by atoms with E-state index in [1.165, 1.54) is 6.92 Å². The first-order valence-electron chi connectivity index (χ1n) is 36.9. The van der Waals surface area contributed by atoms with Gasteiger partial charge in [0, 0.05) is 44.7 Å². The van der Waals surface area contributed by atoms with E-state index in [9.17, 15) is 102 Å². The molecule has 0 spiro atoms. The lowest BCUT2D eigenvalue weighted by atomic mass is 10.00. The Morgan fingerprint density at radius 1 is 0.391 bits per heavy atom. The van der Waals surface area contributed by atoms with Crippen LogP contribution in [0.2, 0.25) is 0 Å². The number of benzene rings is 1. The van der Waals surface area contributed by atoms with E-state index < -0.39 is 237 Å². The molecule has 0 aliphatic carbocycles. The summed E-state index contributed by atoms with van der Waals surface area (Å²) in [6.45, 7) is 15.6. The highest BCUT2D eigenvalue weighted by Gasteiger charge is 2.38. The maximum atomic E-state index is 14.5. The molecule has 13 amide bonds. The zero-order valence-electron chi connectivity index (χ0n) is 64.2. The van der Waals surface area contributed by atoms with Crippen molar-refractivity contribution in [2.75, 3.05) is 13.1 Å². The molecule has 39 heteroatoms. The minimum Gasteiger partial charge on any atom is -0.481 e. The Morgan fingerprint density at radius 2 is 0.764 bits per heavy atom. The fourth-order valence-electron chi connectivity index (χ4n) is 11.2. The summed E-state index contributed by atoms with van der Waals surface area (Å²) >= 11 is 0. The van der Waals surface area contributed by atoms with Gasteiger partial charge in [-0.3, -0.25) is 86.5 Å². The molecule has 0 heterocycles. The monoisotopic (exact) mass is 1560 g/mol. The van der Waals surface area contributed by atoms with Crippen LogP contribution in [0.3, 0.4) is 0 Å². The largest absolute Gasteiger partial charge is 0.481 e. The molecule has 0 saturated heterocycles. The standard InChI is InChI=1S/C71H118N18O21/c1-10-11-20-44(80-65(105)47(23-27-53(74)90)82-64(104)45(21-15-16-31-72)81-69(109)52(35-42-18-13-12-14-19-42)88-68(108)51(34-38(4)5)87-60(100)43(73)36-57(97)98)63(103)84-49(25-29-55(93)94)67(107)85-50(26-30-56(95)96)66(106)83-48(24-28-54(91)92)62(102)79-41(9)59(99)89-58(39(6)7)70(110)86-46(22-17-32-77-71(75)76)61(101)78-40(8)33-37(2)3/h12-14,18-19,37-41,43-52,58H,10-11,15-17,20-36,72-73H2,1-9H3,(H2,74,90)(H,78,101)(H,79,102)(H,80,105)(H,81,109)(H,82,104)(H,83,106)(H,84,103)(H,85,107)(H,86,110)(H,87,100)(H,88,108)(H,89,99)(H,91,92)(H,93,94)(H,95,96)(H,97,98)(H4,75,76,77)/t40-,41+,43+,44+,45+,46+,47+,48+,49+,50+,51+,52-,58+/m1/s1. The van der Waals surface area contributed by atoms with Crippen LogP contribution in [0.4, 0.5) is 0 Å².